The summed E-state index contributed by atoms with van der Waals surface area (Å²) in [6.07, 6.45) is 17.0. The summed E-state index contributed by atoms with van der Waals surface area (Å²) in [5, 5.41) is 3.74. The molecule has 1 aliphatic carbocycles. The van der Waals surface area contributed by atoms with Gasteiger partial charge in [0.15, 0.2) is 0 Å². The number of thiophene rings is 1. The Balaban J connectivity index is 1.81. The highest BCUT2D eigenvalue weighted by molar-refractivity contribution is 7.17. The minimum absolute atomic E-state index is 0.0231. The maximum Gasteiger partial charge on any atom is 0.341 e. The third-order valence-corrected chi connectivity index (χ3v) is 6.87. The lowest BCUT2D eigenvalue weighted by Gasteiger charge is -2.08. The molecule has 0 saturated heterocycles. The van der Waals surface area contributed by atoms with Crippen LogP contribution in [0.5, 0.6) is 0 Å². The van der Waals surface area contributed by atoms with Gasteiger partial charge in [-0.05, 0) is 44.6 Å². The molecule has 0 saturated carbocycles. The number of esters is 1. The molecular weight excluding hydrogens is 382 g/mol. The van der Waals surface area contributed by atoms with Gasteiger partial charge in [0.2, 0.25) is 5.91 Å². The molecule has 5 heteroatoms. The van der Waals surface area contributed by atoms with Crippen LogP contribution in [0.2, 0.25) is 0 Å². The van der Waals surface area contributed by atoms with Crippen molar-refractivity contribution in [3.63, 3.8) is 0 Å². The van der Waals surface area contributed by atoms with E-state index in [9.17, 15) is 9.59 Å². The molecular formula is C24H39NO3S. The van der Waals surface area contributed by atoms with Gasteiger partial charge in [0.05, 0.1) is 12.2 Å². The van der Waals surface area contributed by atoms with Gasteiger partial charge in [-0.2, -0.15) is 0 Å². The molecule has 2 rings (SSSR count). The Kier molecular flexibility index (Phi) is 11.4. The first-order chi connectivity index (χ1) is 14.2. The summed E-state index contributed by atoms with van der Waals surface area (Å²) < 4.78 is 5.29. The number of anilines is 1. The van der Waals surface area contributed by atoms with Crippen LogP contribution in [0.1, 0.15) is 118 Å². The Morgan fingerprint density at radius 2 is 1.55 bits per heavy atom. The summed E-state index contributed by atoms with van der Waals surface area (Å²) >= 11 is 1.58. The van der Waals surface area contributed by atoms with Crippen molar-refractivity contribution in [2.45, 2.75) is 110 Å². The van der Waals surface area contributed by atoms with Crippen LogP contribution in [-0.4, -0.2) is 18.5 Å². The Hall–Kier alpha value is -1.36. The van der Waals surface area contributed by atoms with Gasteiger partial charge in [0.25, 0.3) is 0 Å². The summed E-state index contributed by atoms with van der Waals surface area (Å²) in [6.45, 7) is 4.42. The second-order valence-corrected chi connectivity index (χ2v) is 9.22. The number of hydrogen-bond donors (Lipinski definition) is 1. The third kappa shape index (κ3) is 8.12. The van der Waals surface area contributed by atoms with Crippen molar-refractivity contribution < 1.29 is 14.3 Å². The van der Waals surface area contributed by atoms with Crippen LogP contribution in [0.4, 0.5) is 5.00 Å². The Labute approximate surface area is 180 Å². The molecule has 0 unspecified atom stereocenters. The molecule has 1 aliphatic rings. The predicted molar refractivity (Wildman–Crippen MR) is 122 cm³/mol. The molecule has 29 heavy (non-hydrogen) atoms. The summed E-state index contributed by atoms with van der Waals surface area (Å²) in [5.74, 6) is -0.264. The monoisotopic (exact) mass is 421 g/mol. The van der Waals surface area contributed by atoms with Gasteiger partial charge in [-0.1, -0.05) is 64.7 Å². The number of hydrogen-bond acceptors (Lipinski definition) is 4. The van der Waals surface area contributed by atoms with E-state index in [1.807, 2.05) is 6.92 Å². The summed E-state index contributed by atoms with van der Waals surface area (Å²) in [7, 11) is 0. The number of rotatable bonds is 13. The van der Waals surface area contributed by atoms with Gasteiger partial charge in [-0.15, -0.1) is 11.3 Å². The van der Waals surface area contributed by atoms with E-state index < -0.39 is 0 Å². The van der Waals surface area contributed by atoms with Crippen molar-refractivity contribution in [2.24, 2.45) is 0 Å². The normalized spacial score (nSPS) is 13.6. The molecule has 1 amide bonds. The fourth-order valence-electron chi connectivity index (χ4n) is 4.04. The number of aryl methyl sites for hydroxylation is 1. The Morgan fingerprint density at radius 1 is 0.897 bits per heavy atom. The number of nitrogens with one attached hydrogen (secondary N) is 1. The summed E-state index contributed by atoms with van der Waals surface area (Å²) in [4.78, 5) is 26.3. The lowest BCUT2D eigenvalue weighted by atomic mass is 10.1. The zero-order valence-electron chi connectivity index (χ0n) is 18.4. The average Bonchev–Trinajstić information content (AvgIpc) is 2.87. The van der Waals surface area contributed by atoms with Gasteiger partial charge in [-0.25, -0.2) is 4.79 Å². The van der Waals surface area contributed by atoms with Crippen LogP contribution in [0.15, 0.2) is 0 Å². The topological polar surface area (TPSA) is 55.4 Å². The van der Waals surface area contributed by atoms with E-state index in [-0.39, 0.29) is 11.9 Å². The minimum atomic E-state index is -0.287. The first-order valence-electron chi connectivity index (χ1n) is 11.8. The SMILES string of the molecule is CCCCCCCCCCCC(=O)Nc1sc2c(c1C(=O)OCC)CCCCC2. The highest BCUT2D eigenvalue weighted by Gasteiger charge is 2.26. The van der Waals surface area contributed by atoms with Crippen LogP contribution in [-0.2, 0) is 22.4 Å². The van der Waals surface area contributed by atoms with Gasteiger partial charge in [-0.3, -0.25) is 4.79 Å². The lowest BCUT2D eigenvalue weighted by Crippen LogP contribution is -2.15. The summed E-state index contributed by atoms with van der Waals surface area (Å²) in [6, 6.07) is 0. The van der Waals surface area contributed by atoms with Gasteiger partial charge < -0.3 is 10.1 Å². The molecule has 4 nitrogen and oxygen atoms in total. The number of amides is 1. The van der Waals surface area contributed by atoms with Gasteiger partial charge in [0, 0.05) is 11.3 Å². The van der Waals surface area contributed by atoms with Gasteiger partial charge >= 0.3 is 5.97 Å². The Bertz CT molecular complexity index is 638. The molecule has 1 heterocycles. The van der Waals surface area contributed by atoms with E-state index in [1.54, 1.807) is 11.3 Å². The zero-order valence-corrected chi connectivity index (χ0v) is 19.3. The van der Waals surface area contributed by atoms with E-state index in [0.29, 0.717) is 23.6 Å². The molecule has 1 N–H and O–H groups in total. The second kappa shape index (κ2) is 13.8. The van der Waals surface area contributed by atoms with E-state index in [4.69, 9.17) is 4.74 Å². The number of unbranched alkanes of at least 4 members (excludes halogenated alkanes) is 8. The maximum atomic E-state index is 12.6. The van der Waals surface area contributed by atoms with Crippen molar-refractivity contribution in [3.05, 3.63) is 16.0 Å². The molecule has 0 radical (unpaired) electrons. The standard InChI is InChI=1S/C24H39NO3S/c1-3-5-6-7-8-9-10-11-15-18-21(26)25-23-22(24(27)28-4-2)19-16-13-12-14-17-20(19)29-23/h3-18H2,1-2H3,(H,25,26). The average molecular weight is 422 g/mol. The quantitative estimate of drug-likeness (QED) is 0.211. The third-order valence-electron chi connectivity index (χ3n) is 5.66. The first-order valence-corrected chi connectivity index (χ1v) is 12.6. The lowest BCUT2D eigenvalue weighted by molar-refractivity contribution is -0.116. The molecule has 1 aromatic rings. The summed E-state index contributed by atoms with van der Waals surface area (Å²) in [5.41, 5.74) is 1.73. The highest BCUT2D eigenvalue weighted by Crippen LogP contribution is 2.38. The van der Waals surface area contributed by atoms with Crippen molar-refractivity contribution in [2.75, 3.05) is 11.9 Å². The highest BCUT2D eigenvalue weighted by atomic mass is 32.1. The van der Waals surface area contributed by atoms with Gasteiger partial charge in [0.1, 0.15) is 5.00 Å². The van der Waals surface area contributed by atoms with Crippen LogP contribution >= 0.6 is 11.3 Å². The molecule has 0 aromatic carbocycles. The van der Waals surface area contributed by atoms with Crippen molar-refractivity contribution in [1.82, 2.24) is 0 Å². The number of fused-ring (bicyclic) bond motifs is 1. The number of carbonyl (C=O) groups is 2. The van der Waals surface area contributed by atoms with E-state index >= 15 is 0 Å². The fraction of sp³-hybridized carbons (Fsp3) is 0.750. The molecule has 0 aliphatic heterocycles. The molecule has 0 spiro atoms. The predicted octanol–water partition coefficient (Wildman–Crippen LogP) is 7.05. The maximum absolute atomic E-state index is 12.6. The van der Waals surface area contributed by atoms with E-state index in [0.717, 1.165) is 44.1 Å². The second-order valence-electron chi connectivity index (χ2n) is 8.12. The van der Waals surface area contributed by atoms with Crippen LogP contribution in [0.3, 0.4) is 0 Å². The smallest absolute Gasteiger partial charge is 0.341 e. The van der Waals surface area contributed by atoms with Crippen molar-refractivity contribution in [1.29, 1.82) is 0 Å². The van der Waals surface area contributed by atoms with E-state index in [1.165, 1.54) is 56.2 Å². The van der Waals surface area contributed by atoms with Crippen LogP contribution < -0.4 is 5.32 Å². The minimum Gasteiger partial charge on any atom is -0.462 e. The molecule has 0 bridgehead atoms. The zero-order chi connectivity index (χ0) is 20.9. The van der Waals surface area contributed by atoms with E-state index in [2.05, 4.69) is 12.2 Å². The van der Waals surface area contributed by atoms with Crippen molar-refractivity contribution in [3.8, 4) is 0 Å². The first kappa shape index (κ1) is 23.9. The molecule has 1 aromatic heterocycles. The molecule has 0 atom stereocenters. The number of carbonyl (C=O) groups excluding carboxylic acids is 2. The largest absolute Gasteiger partial charge is 0.462 e. The fourth-order valence-corrected chi connectivity index (χ4v) is 5.33. The van der Waals surface area contributed by atoms with Crippen LogP contribution in [0.25, 0.3) is 0 Å². The Morgan fingerprint density at radius 3 is 2.24 bits per heavy atom. The molecule has 0 fully saturated rings. The number of ether oxygens (including phenoxy) is 1. The molecule has 164 valence electrons. The van der Waals surface area contributed by atoms with Crippen LogP contribution in [0, 0.1) is 0 Å². The van der Waals surface area contributed by atoms with Crippen molar-refractivity contribution >= 4 is 28.2 Å².